The predicted molar refractivity (Wildman–Crippen MR) is 315 cm³/mol. The monoisotopic (exact) mass is 1070 g/mol. The molecule has 6 nitrogen and oxygen atoms in total. The first-order chi connectivity index (χ1) is 46.5. The van der Waals surface area contributed by atoms with Crippen LogP contribution in [-0.2, 0) is 5.41 Å². The summed E-state index contributed by atoms with van der Waals surface area (Å²) in [6.07, 6.45) is 0. The van der Waals surface area contributed by atoms with E-state index in [2.05, 4.69) is 30.3 Å². The van der Waals surface area contributed by atoms with Crippen molar-refractivity contribution in [3.05, 3.63) is 295 Å². The van der Waals surface area contributed by atoms with Crippen molar-refractivity contribution < 1.29 is 32.2 Å². The van der Waals surface area contributed by atoms with Gasteiger partial charge in [-0.05, 0) is 0 Å². The van der Waals surface area contributed by atoms with E-state index in [0.717, 1.165) is 42.5 Å². The van der Waals surface area contributed by atoms with Crippen molar-refractivity contribution in [3.63, 3.8) is 0 Å². The van der Waals surface area contributed by atoms with E-state index < -0.39 is 206 Å². The second kappa shape index (κ2) is 16.9. The summed E-state index contributed by atoms with van der Waals surface area (Å²) in [5.41, 5.74) is 2.41. The second-order valence-electron chi connectivity index (χ2n) is 18.7. The average molecular weight is 1060 g/mol. The van der Waals surface area contributed by atoms with Crippen molar-refractivity contribution in [1.82, 2.24) is 24.1 Å². The molecular weight excluding hydrogens is 999 g/mol. The normalized spacial score (nSPS) is 16.8. The third-order valence-corrected chi connectivity index (χ3v) is 24.6. The zero-order valence-electron chi connectivity index (χ0n) is 60.1. The standard InChI is InChI=1S/C70H45GeN5O/c1-3-23-47(24-4-1)71(48-25-5-2-6-26-48,50-42-43-60-66(45-50)77-65-41-20-15-36-59(65)70(60)57-34-13-7-28-51(57)52-29-8-14-35-58(52)70)49-27-21-22-46(44-49)67-72-68(75-61-37-16-9-30-53(61)54-31-10-17-38-62(54)75)74-69(73-67)76-63-39-18-11-32-55(63)56-33-12-19-40-64(56)76/h1-45H/i9D,10D,11D,12D,16D,17D,18D,19D,21D,22D,27D,30D,31D,32D,33D,37D,38D,39D,40D,44D. The predicted octanol–water partition coefficient (Wildman–Crippen LogP) is 13.6. The van der Waals surface area contributed by atoms with Gasteiger partial charge in [-0.2, -0.15) is 0 Å². The van der Waals surface area contributed by atoms with E-state index in [1.165, 1.54) is 0 Å². The zero-order chi connectivity index (χ0) is 68.1. The maximum atomic E-state index is 11.0. The van der Waals surface area contributed by atoms with Crippen LogP contribution in [0.15, 0.2) is 273 Å². The summed E-state index contributed by atoms with van der Waals surface area (Å²) in [6, 6.07) is 33.9. The molecule has 0 amide bonds. The average Bonchev–Trinajstić information content (AvgIpc) is 1.65. The molecule has 0 fully saturated rings. The number of hydrogen-bond donors (Lipinski definition) is 0. The van der Waals surface area contributed by atoms with Gasteiger partial charge in [0.2, 0.25) is 0 Å². The number of aromatic nitrogens is 5. The summed E-state index contributed by atoms with van der Waals surface area (Å²) in [7, 11) is 0. The van der Waals surface area contributed by atoms with E-state index in [0.29, 0.717) is 24.7 Å². The molecule has 0 bridgehead atoms. The Hall–Kier alpha value is -9.63. The minimum atomic E-state index is -5.31. The van der Waals surface area contributed by atoms with Crippen LogP contribution in [0, 0.1) is 0 Å². The van der Waals surface area contributed by atoms with Crippen LogP contribution < -0.4 is 22.3 Å². The number of ether oxygens (including phenoxy) is 1. The van der Waals surface area contributed by atoms with Crippen molar-refractivity contribution in [1.29, 1.82) is 0 Å². The van der Waals surface area contributed by atoms with Gasteiger partial charge >= 0.3 is 477 Å². The number of benzene rings is 11. The molecule has 14 aromatic rings. The molecule has 11 aromatic carbocycles. The Balaban J connectivity index is 1.07. The summed E-state index contributed by atoms with van der Waals surface area (Å²) < 4.78 is 199. The number of para-hydroxylation sites is 5. The van der Waals surface area contributed by atoms with Crippen molar-refractivity contribution in [2.45, 2.75) is 5.41 Å². The van der Waals surface area contributed by atoms with E-state index >= 15 is 0 Å². The molecule has 1 spiro atoms. The number of hydrogen-bond acceptors (Lipinski definition) is 4. The van der Waals surface area contributed by atoms with Gasteiger partial charge < -0.3 is 0 Å². The number of nitrogens with zero attached hydrogens (tertiary/aromatic N) is 5. The fourth-order valence-corrected chi connectivity index (χ4v) is 21.4. The molecule has 0 saturated carbocycles. The first kappa shape index (κ1) is 28.3. The van der Waals surface area contributed by atoms with Crippen LogP contribution in [-0.4, -0.2) is 37.4 Å². The van der Waals surface area contributed by atoms with Crippen molar-refractivity contribution in [2.24, 2.45) is 0 Å². The van der Waals surface area contributed by atoms with Gasteiger partial charge in [-0.1, -0.05) is 0 Å². The van der Waals surface area contributed by atoms with Gasteiger partial charge in [-0.3, -0.25) is 0 Å². The van der Waals surface area contributed by atoms with Crippen LogP contribution in [0.3, 0.4) is 0 Å². The summed E-state index contributed by atoms with van der Waals surface area (Å²) in [5.74, 6) is -1.14. The summed E-state index contributed by atoms with van der Waals surface area (Å²) in [5, 5.41) is -1.60. The first-order valence-electron chi connectivity index (χ1n) is 34.6. The molecule has 3 aromatic heterocycles. The Morgan fingerprint density at radius 1 is 0.377 bits per heavy atom. The van der Waals surface area contributed by atoms with Crippen LogP contribution in [0.2, 0.25) is 0 Å². The Bertz CT molecular complexity index is 5490. The molecule has 1 aliphatic heterocycles. The summed E-state index contributed by atoms with van der Waals surface area (Å²) in [6.45, 7) is 0. The quantitative estimate of drug-likeness (QED) is 0.149. The molecule has 0 saturated heterocycles. The molecule has 77 heavy (non-hydrogen) atoms. The van der Waals surface area contributed by atoms with Crippen molar-refractivity contribution in [2.75, 3.05) is 0 Å². The molecule has 0 N–H and O–H groups in total. The minimum absolute atomic E-state index is 0.0143. The Morgan fingerprint density at radius 2 is 0.831 bits per heavy atom. The zero-order valence-corrected chi connectivity index (χ0v) is 42.2. The molecule has 360 valence electrons. The van der Waals surface area contributed by atoms with Crippen LogP contribution in [0.4, 0.5) is 0 Å². The number of rotatable bonds is 7. The van der Waals surface area contributed by atoms with Gasteiger partial charge in [0.1, 0.15) is 0 Å². The van der Waals surface area contributed by atoms with Crippen molar-refractivity contribution >= 4 is 74.5 Å². The van der Waals surface area contributed by atoms with Crippen LogP contribution in [0.5, 0.6) is 11.5 Å². The molecular formula is C70H45GeN5O. The molecule has 1 aliphatic carbocycles. The Morgan fingerprint density at radius 3 is 1.36 bits per heavy atom. The third kappa shape index (κ3) is 6.21. The maximum absolute atomic E-state index is 11.0. The Labute approximate surface area is 475 Å². The van der Waals surface area contributed by atoms with Gasteiger partial charge in [-0.15, -0.1) is 0 Å². The molecule has 4 heterocycles. The fraction of sp³-hybridized carbons (Fsp3) is 0.0143. The summed E-state index contributed by atoms with van der Waals surface area (Å²) >= 11 is -5.31. The molecule has 0 unspecified atom stereocenters. The van der Waals surface area contributed by atoms with Gasteiger partial charge in [0.15, 0.2) is 0 Å². The van der Waals surface area contributed by atoms with Gasteiger partial charge in [0.05, 0.1) is 0 Å². The molecule has 0 radical (unpaired) electrons. The first-order valence-corrected chi connectivity index (χ1v) is 28.8. The van der Waals surface area contributed by atoms with E-state index in [1.54, 1.807) is 0 Å². The molecule has 7 heteroatoms. The van der Waals surface area contributed by atoms with E-state index in [-0.39, 0.29) is 4.40 Å². The second-order valence-corrected chi connectivity index (χ2v) is 26.5. The van der Waals surface area contributed by atoms with E-state index in [1.807, 2.05) is 121 Å². The third-order valence-electron chi connectivity index (χ3n) is 15.0. The SMILES string of the molecule is [2H]c1c([2H])c(-c2nc(-n3c4c([2H])c([2H])c([2H])c([2H])c4c4c([2H])c([2H])c([2H])c([2H])c43)nc(-n3c4c([2H])c([2H])c([2H])c([2H])c4c4c([2H])c([2H])c([2H])c([2H])c43)n2)c([2H])[c]([Ge]([c]2ccccc2)([c]2ccccc2)[c]2ccc3c(c2)Oc2ccccc2C32c3ccccc3-c3ccccc32)c1[2H]. The van der Waals surface area contributed by atoms with Crippen LogP contribution >= 0.6 is 0 Å². The van der Waals surface area contributed by atoms with Gasteiger partial charge in [0.25, 0.3) is 0 Å². The van der Waals surface area contributed by atoms with E-state index in [9.17, 15) is 16.4 Å². The number of fused-ring (bicyclic) bond motifs is 15. The topological polar surface area (TPSA) is 57.8 Å². The molecule has 2 aliphatic rings. The fourth-order valence-electron chi connectivity index (χ4n) is 12.0. The van der Waals surface area contributed by atoms with Crippen LogP contribution in [0.1, 0.15) is 49.7 Å². The molecule has 0 atom stereocenters. The Kier molecular flexibility index (Phi) is 6.23. The van der Waals surface area contributed by atoms with E-state index in [4.69, 9.17) is 30.7 Å². The van der Waals surface area contributed by atoms with Gasteiger partial charge in [-0.25, -0.2) is 0 Å². The van der Waals surface area contributed by atoms with Crippen LogP contribution in [0.25, 0.3) is 78.0 Å². The molecule has 16 rings (SSSR count). The van der Waals surface area contributed by atoms with Crippen molar-refractivity contribution in [3.8, 4) is 45.9 Å². The van der Waals surface area contributed by atoms with Gasteiger partial charge in [0, 0.05) is 0 Å². The summed E-state index contributed by atoms with van der Waals surface area (Å²) in [4.78, 5) is 14.7.